The molecule has 5 nitrogen and oxygen atoms in total. The fourth-order valence-corrected chi connectivity index (χ4v) is 2.17. The van der Waals surface area contributed by atoms with Crippen LogP contribution in [-0.4, -0.2) is 28.3 Å². The van der Waals surface area contributed by atoms with E-state index < -0.39 is 0 Å². The molecule has 1 aromatic carbocycles. The van der Waals surface area contributed by atoms with E-state index >= 15 is 0 Å². The lowest BCUT2D eigenvalue weighted by molar-refractivity contribution is 0.0928. The standard InChI is InChI=1S/C15H20N4O/c1-11-8-14(19(2)18-11)15(20)17-13(10-16)9-12-6-4-3-5-7-12/h3-8,13H,9-10,16H2,1-2H3,(H,17,20). The highest BCUT2D eigenvalue weighted by Crippen LogP contribution is 2.05. The van der Waals surface area contributed by atoms with Crippen molar-refractivity contribution in [3.8, 4) is 0 Å². The Balaban J connectivity index is 2.03. The summed E-state index contributed by atoms with van der Waals surface area (Å²) in [5.41, 5.74) is 8.28. The normalized spacial score (nSPS) is 12.2. The predicted octanol–water partition coefficient (Wildman–Crippen LogP) is 1.03. The van der Waals surface area contributed by atoms with Gasteiger partial charge in [-0.1, -0.05) is 30.3 Å². The molecule has 0 spiro atoms. The van der Waals surface area contributed by atoms with Gasteiger partial charge in [-0.05, 0) is 25.0 Å². The van der Waals surface area contributed by atoms with Crippen LogP contribution in [0.5, 0.6) is 0 Å². The van der Waals surface area contributed by atoms with Gasteiger partial charge in [-0.25, -0.2) is 0 Å². The van der Waals surface area contributed by atoms with E-state index in [4.69, 9.17) is 5.73 Å². The number of nitrogens with one attached hydrogen (secondary N) is 1. The predicted molar refractivity (Wildman–Crippen MR) is 78.4 cm³/mol. The van der Waals surface area contributed by atoms with Crippen LogP contribution in [0.25, 0.3) is 0 Å². The minimum atomic E-state index is -0.139. The molecule has 1 aromatic heterocycles. The summed E-state index contributed by atoms with van der Waals surface area (Å²) in [6.45, 7) is 2.26. The summed E-state index contributed by atoms with van der Waals surface area (Å²) in [7, 11) is 1.76. The van der Waals surface area contributed by atoms with Crippen molar-refractivity contribution >= 4 is 5.91 Å². The molecule has 2 rings (SSSR count). The maximum Gasteiger partial charge on any atom is 0.269 e. The van der Waals surface area contributed by atoms with E-state index in [-0.39, 0.29) is 11.9 Å². The van der Waals surface area contributed by atoms with Crippen LogP contribution in [0.15, 0.2) is 36.4 Å². The SMILES string of the molecule is Cc1cc(C(=O)NC(CN)Cc2ccccc2)n(C)n1. The molecule has 1 heterocycles. The number of benzene rings is 1. The molecule has 0 fully saturated rings. The second kappa shape index (κ2) is 6.34. The van der Waals surface area contributed by atoms with Gasteiger partial charge in [0.25, 0.3) is 5.91 Å². The molecule has 0 radical (unpaired) electrons. The third-order valence-corrected chi connectivity index (χ3v) is 3.18. The fourth-order valence-electron chi connectivity index (χ4n) is 2.17. The van der Waals surface area contributed by atoms with Crippen molar-refractivity contribution in [2.24, 2.45) is 12.8 Å². The highest BCUT2D eigenvalue weighted by atomic mass is 16.2. The van der Waals surface area contributed by atoms with Crippen molar-refractivity contribution < 1.29 is 4.79 Å². The van der Waals surface area contributed by atoms with Gasteiger partial charge in [-0.3, -0.25) is 9.48 Å². The van der Waals surface area contributed by atoms with E-state index in [2.05, 4.69) is 10.4 Å². The minimum absolute atomic E-state index is 0.0832. The first-order chi connectivity index (χ1) is 9.60. The van der Waals surface area contributed by atoms with Gasteiger partial charge in [0.15, 0.2) is 0 Å². The molecule has 0 saturated heterocycles. The third kappa shape index (κ3) is 3.45. The lowest BCUT2D eigenvalue weighted by Crippen LogP contribution is -2.42. The van der Waals surface area contributed by atoms with Crippen molar-refractivity contribution in [2.45, 2.75) is 19.4 Å². The van der Waals surface area contributed by atoms with Crippen LogP contribution in [0.4, 0.5) is 0 Å². The highest BCUT2D eigenvalue weighted by molar-refractivity contribution is 5.92. The summed E-state index contributed by atoms with van der Waals surface area (Å²) in [6.07, 6.45) is 0.722. The van der Waals surface area contributed by atoms with Crippen LogP contribution in [0.2, 0.25) is 0 Å². The molecule has 1 amide bonds. The molecule has 1 unspecified atom stereocenters. The lowest BCUT2D eigenvalue weighted by Gasteiger charge is -2.17. The number of hydrogen-bond acceptors (Lipinski definition) is 3. The summed E-state index contributed by atoms with van der Waals surface area (Å²) in [4.78, 5) is 12.2. The van der Waals surface area contributed by atoms with Gasteiger partial charge >= 0.3 is 0 Å². The molecule has 3 N–H and O–H groups in total. The summed E-state index contributed by atoms with van der Waals surface area (Å²) < 4.78 is 1.58. The number of aromatic nitrogens is 2. The minimum Gasteiger partial charge on any atom is -0.346 e. The molecule has 106 valence electrons. The molecule has 0 bridgehead atoms. The molecule has 20 heavy (non-hydrogen) atoms. The van der Waals surface area contributed by atoms with E-state index in [1.165, 1.54) is 0 Å². The average Bonchev–Trinajstić information content (AvgIpc) is 2.78. The second-order valence-electron chi connectivity index (χ2n) is 4.89. The number of rotatable bonds is 5. The van der Waals surface area contributed by atoms with Crippen LogP contribution < -0.4 is 11.1 Å². The van der Waals surface area contributed by atoms with E-state index in [1.807, 2.05) is 37.3 Å². The molecule has 0 aliphatic rings. The lowest BCUT2D eigenvalue weighted by atomic mass is 10.1. The molecule has 1 atom stereocenters. The largest absolute Gasteiger partial charge is 0.346 e. The number of aryl methyl sites for hydroxylation is 2. The monoisotopic (exact) mass is 272 g/mol. The first-order valence-electron chi connectivity index (χ1n) is 6.65. The third-order valence-electron chi connectivity index (χ3n) is 3.18. The van der Waals surface area contributed by atoms with Gasteiger partial charge in [-0.15, -0.1) is 0 Å². The zero-order valence-corrected chi connectivity index (χ0v) is 11.8. The summed E-state index contributed by atoms with van der Waals surface area (Å²) in [5.74, 6) is -0.139. The zero-order chi connectivity index (χ0) is 14.5. The zero-order valence-electron chi connectivity index (χ0n) is 11.8. The average molecular weight is 272 g/mol. The first-order valence-corrected chi connectivity index (χ1v) is 6.65. The number of carbonyl (C=O) groups is 1. The van der Waals surface area contributed by atoms with Gasteiger partial charge in [0, 0.05) is 19.6 Å². The number of hydrogen-bond donors (Lipinski definition) is 2. The van der Waals surface area contributed by atoms with Crippen molar-refractivity contribution in [2.75, 3.05) is 6.54 Å². The van der Waals surface area contributed by atoms with Crippen LogP contribution >= 0.6 is 0 Å². The highest BCUT2D eigenvalue weighted by Gasteiger charge is 2.16. The Morgan fingerprint density at radius 3 is 2.65 bits per heavy atom. The molecular weight excluding hydrogens is 252 g/mol. The Hall–Kier alpha value is -2.14. The molecular formula is C15H20N4O. The van der Waals surface area contributed by atoms with E-state index in [0.717, 1.165) is 17.7 Å². The Morgan fingerprint density at radius 1 is 1.40 bits per heavy atom. The molecule has 5 heteroatoms. The number of amides is 1. The first kappa shape index (κ1) is 14.3. The molecule has 0 aliphatic carbocycles. The molecule has 0 aliphatic heterocycles. The maximum absolute atomic E-state index is 12.2. The molecule has 0 saturated carbocycles. The smallest absolute Gasteiger partial charge is 0.269 e. The summed E-state index contributed by atoms with van der Waals surface area (Å²) in [6, 6.07) is 11.7. The van der Waals surface area contributed by atoms with Crippen LogP contribution in [0, 0.1) is 6.92 Å². The van der Waals surface area contributed by atoms with Gasteiger partial charge < -0.3 is 11.1 Å². The summed E-state index contributed by atoms with van der Waals surface area (Å²) >= 11 is 0. The van der Waals surface area contributed by atoms with Gasteiger partial charge in [0.05, 0.1) is 5.69 Å². The number of carbonyl (C=O) groups excluding carboxylic acids is 1. The maximum atomic E-state index is 12.2. The Morgan fingerprint density at radius 2 is 2.10 bits per heavy atom. The number of nitrogens with zero attached hydrogens (tertiary/aromatic N) is 2. The van der Waals surface area contributed by atoms with Crippen molar-refractivity contribution in [3.63, 3.8) is 0 Å². The van der Waals surface area contributed by atoms with E-state index in [0.29, 0.717) is 12.2 Å². The topological polar surface area (TPSA) is 72.9 Å². The van der Waals surface area contributed by atoms with Gasteiger partial charge in [0.2, 0.25) is 0 Å². The van der Waals surface area contributed by atoms with Gasteiger partial charge in [0.1, 0.15) is 5.69 Å². The number of nitrogens with two attached hydrogens (primary N) is 1. The van der Waals surface area contributed by atoms with Crippen molar-refractivity contribution in [3.05, 3.63) is 53.3 Å². The van der Waals surface area contributed by atoms with Crippen LogP contribution in [-0.2, 0) is 13.5 Å². The van der Waals surface area contributed by atoms with Gasteiger partial charge in [-0.2, -0.15) is 5.10 Å². The van der Waals surface area contributed by atoms with E-state index in [1.54, 1.807) is 17.8 Å². The van der Waals surface area contributed by atoms with Crippen LogP contribution in [0.1, 0.15) is 21.7 Å². The fraction of sp³-hybridized carbons (Fsp3) is 0.333. The Labute approximate surface area is 118 Å². The quantitative estimate of drug-likeness (QED) is 0.854. The Kier molecular flexibility index (Phi) is 4.53. The molecule has 2 aromatic rings. The Bertz CT molecular complexity index is 577. The van der Waals surface area contributed by atoms with Crippen molar-refractivity contribution in [1.82, 2.24) is 15.1 Å². The van der Waals surface area contributed by atoms with E-state index in [9.17, 15) is 4.79 Å². The second-order valence-corrected chi connectivity index (χ2v) is 4.89. The summed E-state index contributed by atoms with van der Waals surface area (Å²) in [5, 5.41) is 7.13. The van der Waals surface area contributed by atoms with Crippen molar-refractivity contribution in [1.29, 1.82) is 0 Å². The van der Waals surface area contributed by atoms with Crippen LogP contribution in [0.3, 0.4) is 0 Å².